The smallest absolute Gasteiger partial charge is 0.299 e. The molecule has 5 aromatic rings. The first-order valence-corrected chi connectivity index (χ1v) is 10.0. The highest BCUT2D eigenvalue weighted by Gasteiger charge is 2.17. The van der Waals surface area contributed by atoms with E-state index in [4.69, 9.17) is 0 Å². The Bertz CT molecular complexity index is 1600. The molecular formula is C25H18N4O3. The second kappa shape index (κ2) is 7.96. The fourth-order valence-electron chi connectivity index (χ4n) is 3.92. The first kappa shape index (κ1) is 19.4. The number of nitrogens with zero attached hydrogens (tertiary/aromatic N) is 3. The van der Waals surface area contributed by atoms with E-state index in [2.05, 4.69) is 15.1 Å². The van der Waals surface area contributed by atoms with Crippen LogP contribution in [-0.4, -0.2) is 25.5 Å². The molecule has 7 nitrogen and oxygen atoms in total. The largest absolute Gasteiger partial charge is 0.409 e. The van der Waals surface area contributed by atoms with Crippen LogP contribution in [0.4, 0.5) is 0 Å². The van der Waals surface area contributed by atoms with E-state index in [-0.39, 0.29) is 17.8 Å². The molecule has 0 bridgehead atoms. The maximum atomic E-state index is 13.3. The minimum Gasteiger partial charge on any atom is -0.409 e. The third kappa shape index (κ3) is 3.26. The number of aromatic amines is 1. The van der Waals surface area contributed by atoms with E-state index in [1.54, 1.807) is 18.3 Å². The van der Waals surface area contributed by atoms with Gasteiger partial charge in [-0.25, -0.2) is 4.98 Å². The van der Waals surface area contributed by atoms with E-state index in [1.807, 2.05) is 66.7 Å². The van der Waals surface area contributed by atoms with Crippen LogP contribution in [0.15, 0.2) is 95.0 Å². The van der Waals surface area contributed by atoms with Gasteiger partial charge < -0.3 is 10.2 Å². The Balaban J connectivity index is 1.76. The van der Waals surface area contributed by atoms with Crippen LogP contribution in [0.25, 0.3) is 33.1 Å². The predicted molar refractivity (Wildman–Crippen MR) is 121 cm³/mol. The lowest BCUT2D eigenvalue weighted by molar-refractivity contribution is 0.0974. The topological polar surface area (TPSA) is 100 Å². The Morgan fingerprint density at radius 3 is 2.41 bits per heavy atom. The van der Waals surface area contributed by atoms with Crippen LogP contribution >= 0.6 is 0 Å². The van der Waals surface area contributed by atoms with Crippen LogP contribution in [0.2, 0.25) is 0 Å². The first-order valence-electron chi connectivity index (χ1n) is 10.0. The molecule has 0 fully saturated rings. The average Bonchev–Trinajstić information content (AvgIpc) is 3.23. The highest BCUT2D eigenvalue weighted by atomic mass is 16.4. The highest BCUT2D eigenvalue weighted by molar-refractivity contribution is 6.08. The molecule has 0 aliphatic rings. The molecule has 2 N–H and O–H groups in total. The lowest BCUT2D eigenvalue weighted by Crippen LogP contribution is -2.36. The van der Waals surface area contributed by atoms with Gasteiger partial charge >= 0.3 is 0 Å². The van der Waals surface area contributed by atoms with Crippen molar-refractivity contribution in [2.24, 2.45) is 5.16 Å². The molecule has 0 atom stereocenters. The SMILES string of the molecule is O=C(Cn1c(=O)c(=NO)nc(-c2ccccc2)c2ccccc21)c1c[nH]c2ccccc12. The maximum Gasteiger partial charge on any atom is 0.299 e. The van der Waals surface area contributed by atoms with Crippen molar-refractivity contribution in [3.05, 3.63) is 106 Å². The van der Waals surface area contributed by atoms with Crippen LogP contribution < -0.4 is 11.0 Å². The molecule has 3 aromatic carbocycles. The number of carbonyl (C=O) groups excluding carboxylic acids is 1. The monoisotopic (exact) mass is 422 g/mol. The first-order chi connectivity index (χ1) is 15.7. The molecule has 2 aromatic heterocycles. The van der Waals surface area contributed by atoms with Crippen LogP contribution in [0.5, 0.6) is 0 Å². The van der Waals surface area contributed by atoms with E-state index in [9.17, 15) is 14.8 Å². The van der Waals surface area contributed by atoms with E-state index >= 15 is 0 Å². The molecule has 156 valence electrons. The van der Waals surface area contributed by atoms with Crippen molar-refractivity contribution in [1.82, 2.24) is 14.5 Å². The average molecular weight is 422 g/mol. The molecule has 0 unspecified atom stereocenters. The van der Waals surface area contributed by atoms with Crippen molar-refractivity contribution in [2.45, 2.75) is 6.54 Å². The number of hydrogen-bond donors (Lipinski definition) is 2. The maximum absolute atomic E-state index is 13.3. The van der Waals surface area contributed by atoms with E-state index in [0.29, 0.717) is 22.2 Å². The van der Waals surface area contributed by atoms with Crippen molar-refractivity contribution >= 4 is 27.6 Å². The van der Waals surface area contributed by atoms with Gasteiger partial charge in [0.1, 0.15) is 0 Å². The second-order valence-corrected chi connectivity index (χ2v) is 7.33. The summed E-state index contributed by atoms with van der Waals surface area (Å²) in [6.45, 7) is -0.228. The number of ketones is 1. The zero-order chi connectivity index (χ0) is 22.1. The van der Waals surface area contributed by atoms with Crippen molar-refractivity contribution in [3.63, 3.8) is 0 Å². The Hall–Kier alpha value is -4.52. The third-order valence-corrected chi connectivity index (χ3v) is 5.44. The van der Waals surface area contributed by atoms with Gasteiger partial charge in [-0.15, -0.1) is 0 Å². The summed E-state index contributed by atoms with van der Waals surface area (Å²) in [5.41, 5.74) is 2.06. The Kier molecular flexibility index (Phi) is 4.84. The molecule has 0 spiro atoms. The molecule has 0 saturated carbocycles. The van der Waals surface area contributed by atoms with Crippen molar-refractivity contribution in [3.8, 4) is 11.3 Å². The summed E-state index contributed by atoms with van der Waals surface area (Å²) in [6.07, 6.45) is 1.65. The lowest BCUT2D eigenvalue weighted by Gasteiger charge is -2.07. The van der Waals surface area contributed by atoms with Gasteiger partial charge in [-0.1, -0.05) is 71.9 Å². The lowest BCUT2D eigenvalue weighted by atomic mass is 10.1. The van der Waals surface area contributed by atoms with Crippen LogP contribution in [0.1, 0.15) is 10.4 Å². The van der Waals surface area contributed by atoms with Crippen molar-refractivity contribution < 1.29 is 10.0 Å². The van der Waals surface area contributed by atoms with Gasteiger partial charge in [-0.3, -0.25) is 14.2 Å². The van der Waals surface area contributed by atoms with Gasteiger partial charge in [-0.05, 0) is 12.1 Å². The zero-order valence-electron chi connectivity index (χ0n) is 16.9. The number of nitrogens with one attached hydrogen (secondary N) is 1. The summed E-state index contributed by atoms with van der Waals surface area (Å²) in [7, 11) is 0. The quantitative estimate of drug-likeness (QED) is 0.262. The van der Waals surface area contributed by atoms with Gasteiger partial charge in [-0.2, -0.15) is 0 Å². The van der Waals surface area contributed by atoms with Gasteiger partial charge in [0, 0.05) is 33.6 Å². The molecule has 5 rings (SSSR count). The number of carbonyl (C=O) groups is 1. The summed E-state index contributed by atoms with van der Waals surface area (Å²) in [4.78, 5) is 34.0. The van der Waals surface area contributed by atoms with Gasteiger partial charge in [0.05, 0.1) is 17.8 Å². The molecule has 0 saturated heterocycles. The molecule has 0 amide bonds. The molecular weight excluding hydrogens is 404 g/mol. The molecule has 0 radical (unpaired) electrons. The second-order valence-electron chi connectivity index (χ2n) is 7.33. The fourth-order valence-corrected chi connectivity index (χ4v) is 3.92. The molecule has 0 aliphatic carbocycles. The van der Waals surface area contributed by atoms with Gasteiger partial charge in [0.15, 0.2) is 5.78 Å². The van der Waals surface area contributed by atoms with Crippen LogP contribution in [-0.2, 0) is 6.54 Å². The normalized spacial score (nSPS) is 11.8. The molecule has 7 heteroatoms. The van der Waals surface area contributed by atoms with Crippen LogP contribution in [0, 0.1) is 0 Å². The zero-order valence-corrected chi connectivity index (χ0v) is 16.9. The minimum absolute atomic E-state index is 0.228. The number of aromatic nitrogens is 3. The van der Waals surface area contributed by atoms with Crippen LogP contribution in [0.3, 0.4) is 0 Å². The molecule has 2 heterocycles. The molecule has 32 heavy (non-hydrogen) atoms. The number of fused-ring (bicyclic) bond motifs is 2. The standard InChI is InChI=1S/C25H18N4O3/c30-22(19-14-26-20-12-6-4-10-17(19)20)15-29-21-13-7-5-11-18(21)23(16-8-2-1-3-9-16)27-24(28-32)25(29)31/h1-14,26,32H,15H2. The number of H-pyrrole nitrogens is 1. The Morgan fingerprint density at radius 2 is 1.62 bits per heavy atom. The number of hydrogen-bond acceptors (Lipinski definition) is 5. The number of benzene rings is 3. The van der Waals surface area contributed by atoms with Gasteiger partial charge in [0.2, 0.25) is 0 Å². The minimum atomic E-state index is -0.654. The summed E-state index contributed by atoms with van der Waals surface area (Å²) in [6, 6.07) is 24.0. The van der Waals surface area contributed by atoms with Crippen molar-refractivity contribution in [1.29, 1.82) is 0 Å². The summed E-state index contributed by atoms with van der Waals surface area (Å²) < 4.78 is 1.31. The fraction of sp³-hybridized carbons (Fsp3) is 0.0400. The third-order valence-electron chi connectivity index (χ3n) is 5.44. The predicted octanol–water partition coefficient (Wildman–Crippen LogP) is 3.72. The van der Waals surface area contributed by atoms with E-state index < -0.39 is 5.56 Å². The number of rotatable bonds is 4. The Morgan fingerprint density at radius 1 is 0.938 bits per heavy atom. The summed E-state index contributed by atoms with van der Waals surface area (Å²) >= 11 is 0. The van der Waals surface area contributed by atoms with Gasteiger partial charge in [0.25, 0.3) is 11.0 Å². The molecule has 0 aliphatic heterocycles. The summed E-state index contributed by atoms with van der Waals surface area (Å²) in [5, 5.41) is 14.1. The number of Topliss-reactive ketones (excluding diaryl/α,β-unsaturated/α-hetero) is 1. The Labute approximate surface area is 181 Å². The van der Waals surface area contributed by atoms with E-state index in [1.165, 1.54) is 4.57 Å². The van der Waals surface area contributed by atoms with Crippen molar-refractivity contribution in [2.75, 3.05) is 0 Å². The highest BCUT2D eigenvalue weighted by Crippen LogP contribution is 2.25. The van der Waals surface area contributed by atoms with E-state index in [0.717, 1.165) is 16.5 Å². The summed E-state index contributed by atoms with van der Waals surface area (Å²) in [5.74, 6) is -0.244. The number of para-hydroxylation sites is 2.